The molecule has 0 unspecified atom stereocenters. The third-order valence-electron chi connectivity index (χ3n) is 3.05. The lowest BCUT2D eigenvalue weighted by atomic mass is 10.2. The number of fused-ring (bicyclic) bond motifs is 1. The zero-order valence-corrected chi connectivity index (χ0v) is 11.7. The summed E-state index contributed by atoms with van der Waals surface area (Å²) in [6, 6.07) is 12.0. The summed E-state index contributed by atoms with van der Waals surface area (Å²) in [5.41, 5.74) is 2.23. The van der Waals surface area contributed by atoms with Crippen LogP contribution in [-0.4, -0.2) is 26.8 Å². The fourth-order valence-corrected chi connectivity index (χ4v) is 1.97. The molecule has 104 valence electrons. The van der Waals surface area contributed by atoms with Crippen LogP contribution in [0.3, 0.4) is 0 Å². The molecule has 0 aliphatic carbocycles. The van der Waals surface area contributed by atoms with Crippen LogP contribution in [0.25, 0.3) is 11.4 Å². The number of methoxy groups -OCH3 is 1. The predicted octanol–water partition coefficient (Wildman–Crippen LogP) is 2.26. The highest BCUT2D eigenvalue weighted by Crippen LogP contribution is 2.28. The van der Waals surface area contributed by atoms with Gasteiger partial charge in [-0.15, -0.1) is 0 Å². The molecule has 0 spiro atoms. The van der Waals surface area contributed by atoms with E-state index in [1.807, 2.05) is 31.2 Å². The normalized spacial score (nSPS) is 10.2. The van der Waals surface area contributed by atoms with Crippen molar-refractivity contribution in [3.63, 3.8) is 0 Å². The van der Waals surface area contributed by atoms with Crippen LogP contribution in [0.15, 0.2) is 36.7 Å². The number of benzene rings is 1. The van der Waals surface area contributed by atoms with Gasteiger partial charge in [-0.3, -0.25) is 0 Å². The second kappa shape index (κ2) is 5.17. The Morgan fingerprint density at radius 2 is 2.00 bits per heavy atom. The molecule has 5 heteroatoms. The van der Waals surface area contributed by atoms with Crippen LogP contribution in [-0.2, 0) is 0 Å². The average molecular weight is 279 g/mol. The summed E-state index contributed by atoms with van der Waals surface area (Å²) in [7, 11) is 1.62. The minimum atomic E-state index is 0.0432. The van der Waals surface area contributed by atoms with Gasteiger partial charge in [0.25, 0.3) is 0 Å². The van der Waals surface area contributed by atoms with Crippen molar-refractivity contribution in [1.82, 2.24) is 14.5 Å². The second-order valence-corrected chi connectivity index (χ2v) is 4.54. The predicted molar refractivity (Wildman–Crippen MR) is 78.3 cm³/mol. The second-order valence-electron chi connectivity index (χ2n) is 4.54. The van der Waals surface area contributed by atoms with Crippen LogP contribution in [0.1, 0.15) is 11.3 Å². The lowest BCUT2D eigenvalue weighted by molar-refractivity contribution is 0.415. The number of hydrogen-bond acceptors (Lipinski definition) is 4. The first kappa shape index (κ1) is 13.0. The molecule has 3 rings (SSSR count). The highest BCUT2D eigenvalue weighted by Gasteiger charge is 2.14. The summed E-state index contributed by atoms with van der Waals surface area (Å²) < 4.78 is 6.47. The molecule has 0 saturated heterocycles. The molecule has 0 bridgehead atoms. The topological polar surface area (TPSA) is 60.2 Å². The first-order chi connectivity index (χ1) is 10.2. The molecule has 0 radical (unpaired) electrons. The number of nitrogens with zero attached hydrogens (tertiary/aromatic N) is 3. The van der Waals surface area contributed by atoms with Gasteiger partial charge in [-0.2, -0.15) is 0 Å². The highest BCUT2D eigenvalue weighted by molar-refractivity contribution is 5.64. The first-order valence-electron chi connectivity index (χ1n) is 6.37. The summed E-state index contributed by atoms with van der Waals surface area (Å²) in [5.74, 6) is 4.30. The van der Waals surface area contributed by atoms with E-state index in [9.17, 15) is 5.11 Å². The summed E-state index contributed by atoms with van der Waals surface area (Å²) >= 11 is 0. The van der Waals surface area contributed by atoms with Crippen LogP contribution in [0.2, 0.25) is 0 Å². The zero-order chi connectivity index (χ0) is 14.8. The van der Waals surface area contributed by atoms with Crippen molar-refractivity contribution in [3.8, 4) is 35.0 Å². The molecule has 0 atom stereocenters. The summed E-state index contributed by atoms with van der Waals surface area (Å²) in [6.07, 6.45) is 1.46. The quantitative estimate of drug-likeness (QED) is 0.694. The SMILES string of the molecule is COc1ccc(C#Cn2cnc3nc(C)cc-3c2O)cc1. The molecule has 0 saturated carbocycles. The first-order valence-corrected chi connectivity index (χ1v) is 6.37. The maximum Gasteiger partial charge on any atom is 0.215 e. The molecule has 1 aromatic rings. The molecule has 21 heavy (non-hydrogen) atoms. The average Bonchev–Trinajstić information content (AvgIpc) is 2.89. The molecule has 5 nitrogen and oxygen atoms in total. The van der Waals surface area contributed by atoms with E-state index in [4.69, 9.17) is 4.74 Å². The van der Waals surface area contributed by atoms with Gasteiger partial charge in [-0.1, -0.05) is 0 Å². The number of aromatic nitrogens is 3. The number of hydrogen-bond donors (Lipinski definition) is 1. The molecule has 1 aromatic carbocycles. The Morgan fingerprint density at radius 1 is 1.24 bits per heavy atom. The van der Waals surface area contributed by atoms with E-state index in [2.05, 4.69) is 21.9 Å². The molecular weight excluding hydrogens is 266 g/mol. The zero-order valence-electron chi connectivity index (χ0n) is 11.7. The Balaban J connectivity index is 1.96. The Bertz CT molecular complexity index is 810. The van der Waals surface area contributed by atoms with Crippen LogP contribution in [0, 0.1) is 18.9 Å². The molecule has 0 fully saturated rings. The Labute approximate surface area is 122 Å². The summed E-state index contributed by atoms with van der Waals surface area (Å²) in [4.78, 5) is 8.38. The Kier molecular flexibility index (Phi) is 3.20. The fraction of sp³-hybridized carbons (Fsp3) is 0.125. The van der Waals surface area contributed by atoms with Gasteiger partial charge in [0.1, 0.15) is 12.1 Å². The van der Waals surface area contributed by atoms with Crippen molar-refractivity contribution in [2.24, 2.45) is 0 Å². The summed E-state index contributed by atoms with van der Waals surface area (Å²) in [5, 5.41) is 10.2. The van der Waals surface area contributed by atoms with Crippen molar-refractivity contribution >= 4 is 0 Å². The van der Waals surface area contributed by atoms with Gasteiger partial charge in [0.2, 0.25) is 5.88 Å². The molecule has 1 N–H and O–H groups in total. The molecule has 2 aliphatic rings. The lowest BCUT2D eigenvalue weighted by Crippen LogP contribution is -1.97. The van der Waals surface area contributed by atoms with Gasteiger partial charge >= 0.3 is 0 Å². The third kappa shape index (κ3) is 2.51. The van der Waals surface area contributed by atoms with Crippen molar-refractivity contribution in [1.29, 1.82) is 0 Å². The maximum absolute atomic E-state index is 10.2. The fourth-order valence-electron chi connectivity index (χ4n) is 1.97. The van der Waals surface area contributed by atoms with Gasteiger partial charge in [0, 0.05) is 17.3 Å². The lowest BCUT2D eigenvalue weighted by Gasteiger charge is -2.04. The van der Waals surface area contributed by atoms with E-state index in [1.54, 1.807) is 13.2 Å². The largest absolute Gasteiger partial charge is 0.497 e. The van der Waals surface area contributed by atoms with Crippen LogP contribution in [0.4, 0.5) is 0 Å². The maximum atomic E-state index is 10.2. The summed E-state index contributed by atoms with van der Waals surface area (Å²) in [6.45, 7) is 1.86. The number of aromatic hydroxyl groups is 1. The monoisotopic (exact) mass is 279 g/mol. The van der Waals surface area contributed by atoms with E-state index in [1.165, 1.54) is 10.9 Å². The minimum absolute atomic E-state index is 0.0432. The van der Waals surface area contributed by atoms with E-state index in [0.29, 0.717) is 11.4 Å². The Morgan fingerprint density at radius 3 is 2.71 bits per heavy atom. The molecule has 2 aliphatic heterocycles. The molecule has 0 aromatic heterocycles. The van der Waals surface area contributed by atoms with E-state index in [-0.39, 0.29) is 5.88 Å². The van der Waals surface area contributed by atoms with Crippen molar-refractivity contribution < 1.29 is 9.84 Å². The van der Waals surface area contributed by atoms with Gasteiger partial charge in [-0.05, 0) is 43.2 Å². The minimum Gasteiger partial charge on any atom is -0.497 e. The standard InChI is InChI=1S/C16H13N3O2/c1-11-9-14-15(18-11)17-10-19(16(14)20)8-7-12-3-5-13(21-2)6-4-12/h3-6,9-10,20H,1-2H3. The van der Waals surface area contributed by atoms with E-state index in [0.717, 1.165) is 17.0 Å². The van der Waals surface area contributed by atoms with Gasteiger partial charge in [-0.25, -0.2) is 14.5 Å². The van der Waals surface area contributed by atoms with Crippen LogP contribution in [0.5, 0.6) is 11.6 Å². The van der Waals surface area contributed by atoms with Gasteiger partial charge < -0.3 is 9.84 Å². The Hall–Kier alpha value is -3.00. The van der Waals surface area contributed by atoms with Crippen molar-refractivity contribution in [2.75, 3.05) is 7.11 Å². The van der Waals surface area contributed by atoms with E-state index >= 15 is 0 Å². The van der Waals surface area contributed by atoms with Gasteiger partial charge in [0.15, 0.2) is 5.82 Å². The smallest absolute Gasteiger partial charge is 0.215 e. The van der Waals surface area contributed by atoms with E-state index < -0.39 is 0 Å². The molecular formula is C16H13N3O2. The number of ether oxygens (including phenoxy) is 1. The van der Waals surface area contributed by atoms with Crippen LogP contribution >= 0.6 is 0 Å². The number of aryl methyl sites for hydroxylation is 1. The third-order valence-corrected chi connectivity index (χ3v) is 3.05. The van der Waals surface area contributed by atoms with Gasteiger partial charge in [0.05, 0.1) is 12.7 Å². The van der Waals surface area contributed by atoms with Crippen molar-refractivity contribution in [3.05, 3.63) is 47.9 Å². The highest BCUT2D eigenvalue weighted by atomic mass is 16.5. The van der Waals surface area contributed by atoms with Crippen molar-refractivity contribution in [2.45, 2.75) is 6.92 Å². The number of rotatable bonds is 1. The molecule has 2 heterocycles. The molecule has 0 amide bonds. The van der Waals surface area contributed by atoms with Crippen LogP contribution < -0.4 is 4.74 Å².